The SMILES string of the molecule is CCC(C(=O)N(CC(=O)Nc1nccs1)CC1CC1)c1ccccc1. The lowest BCUT2D eigenvalue weighted by Crippen LogP contribution is -2.41. The van der Waals surface area contributed by atoms with Crippen molar-refractivity contribution < 1.29 is 9.59 Å². The molecule has 1 fully saturated rings. The van der Waals surface area contributed by atoms with E-state index < -0.39 is 0 Å². The second-order valence-electron chi connectivity index (χ2n) is 6.42. The van der Waals surface area contributed by atoms with E-state index >= 15 is 0 Å². The molecule has 3 rings (SSSR count). The molecular weight excluding hydrogens is 334 g/mol. The minimum atomic E-state index is -0.201. The fourth-order valence-corrected chi connectivity index (χ4v) is 3.47. The first-order valence-electron chi connectivity index (χ1n) is 8.70. The summed E-state index contributed by atoms with van der Waals surface area (Å²) in [6.45, 7) is 2.76. The first-order valence-corrected chi connectivity index (χ1v) is 9.58. The molecule has 1 aromatic heterocycles. The third kappa shape index (κ3) is 4.89. The topological polar surface area (TPSA) is 62.3 Å². The molecule has 1 unspecified atom stereocenters. The molecule has 5 nitrogen and oxygen atoms in total. The van der Waals surface area contributed by atoms with Crippen LogP contribution in [0.5, 0.6) is 0 Å². The van der Waals surface area contributed by atoms with Crippen LogP contribution in [0, 0.1) is 5.92 Å². The minimum absolute atomic E-state index is 0.0369. The number of benzene rings is 1. The van der Waals surface area contributed by atoms with E-state index in [1.807, 2.05) is 42.6 Å². The fraction of sp³-hybridized carbons (Fsp3) is 0.421. The van der Waals surface area contributed by atoms with Crippen molar-refractivity contribution in [3.05, 3.63) is 47.5 Å². The Hall–Kier alpha value is -2.21. The van der Waals surface area contributed by atoms with Crippen LogP contribution in [0.4, 0.5) is 5.13 Å². The number of amides is 2. The van der Waals surface area contributed by atoms with Crippen LogP contribution >= 0.6 is 11.3 Å². The van der Waals surface area contributed by atoms with E-state index in [0.29, 0.717) is 17.6 Å². The molecule has 1 heterocycles. The highest BCUT2D eigenvalue weighted by Crippen LogP contribution is 2.31. The molecule has 0 aliphatic heterocycles. The summed E-state index contributed by atoms with van der Waals surface area (Å²) in [6, 6.07) is 9.81. The predicted molar refractivity (Wildman–Crippen MR) is 99.5 cm³/mol. The highest BCUT2D eigenvalue weighted by atomic mass is 32.1. The van der Waals surface area contributed by atoms with Gasteiger partial charge in [0, 0.05) is 18.1 Å². The lowest BCUT2D eigenvalue weighted by molar-refractivity contribution is -0.136. The van der Waals surface area contributed by atoms with Crippen LogP contribution in [0.25, 0.3) is 0 Å². The Morgan fingerprint density at radius 3 is 2.68 bits per heavy atom. The van der Waals surface area contributed by atoms with E-state index in [0.717, 1.165) is 24.8 Å². The average molecular weight is 357 g/mol. The summed E-state index contributed by atoms with van der Waals surface area (Å²) < 4.78 is 0. The molecule has 1 N–H and O–H groups in total. The van der Waals surface area contributed by atoms with Crippen molar-refractivity contribution in [2.24, 2.45) is 5.92 Å². The number of rotatable bonds is 8. The van der Waals surface area contributed by atoms with Gasteiger partial charge in [0.05, 0.1) is 12.5 Å². The molecule has 1 atom stereocenters. The molecule has 0 spiro atoms. The number of hydrogen-bond acceptors (Lipinski definition) is 4. The Morgan fingerprint density at radius 2 is 2.08 bits per heavy atom. The summed E-state index contributed by atoms with van der Waals surface area (Å²) in [7, 11) is 0. The first kappa shape index (κ1) is 17.6. The van der Waals surface area contributed by atoms with Gasteiger partial charge in [-0.25, -0.2) is 4.98 Å². The lowest BCUT2D eigenvalue weighted by Gasteiger charge is -2.26. The van der Waals surface area contributed by atoms with Crippen molar-refractivity contribution in [1.82, 2.24) is 9.88 Å². The molecule has 1 aliphatic carbocycles. The Balaban J connectivity index is 1.70. The number of hydrogen-bond donors (Lipinski definition) is 1. The molecule has 1 aromatic carbocycles. The van der Waals surface area contributed by atoms with E-state index in [2.05, 4.69) is 10.3 Å². The van der Waals surface area contributed by atoms with Gasteiger partial charge >= 0.3 is 0 Å². The molecule has 1 saturated carbocycles. The van der Waals surface area contributed by atoms with E-state index in [9.17, 15) is 9.59 Å². The maximum Gasteiger partial charge on any atom is 0.245 e. The molecule has 6 heteroatoms. The Morgan fingerprint density at radius 1 is 1.32 bits per heavy atom. The van der Waals surface area contributed by atoms with Crippen LogP contribution < -0.4 is 5.32 Å². The van der Waals surface area contributed by atoms with Crippen LogP contribution in [0.15, 0.2) is 41.9 Å². The average Bonchev–Trinajstić information content (AvgIpc) is 3.29. The monoisotopic (exact) mass is 357 g/mol. The number of thiazole rings is 1. The zero-order valence-electron chi connectivity index (χ0n) is 14.4. The third-order valence-electron chi connectivity index (χ3n) is 4.41. The number of carbonyl (C=O) groups excluding carboxylic acids is 2. The van der Waals surface area contributed by atoms with Crippen molar-refractivity contribution in [3.8, 4) is 0 Å². The maximum atomic E-state index is 13.1. The van der Waals surface area contributed by atoms with Gasteiger partial charge in [-0.1, -0.05) is 37.3 Å². The van der Waals surface area contributed by atoms with Crippen molar-refractivity contribution >= 4 is 28.3 Å². The smallest absolute Gasteiger partial charge is 0.245 e. The summed E-state index contributed by atoms with van der Waals surface area (Å²) in [6.07, 6.45) is 4.65. The normalized spacial score (nSPS) is 14.8. The summed E-state index contributed by atoms with van der Waals surface area (Å²) >= 11 is 1.37. The number of aromatic nitrogens is 1. The van der Waals surface area contributed by atoms with Gasteiger partial charge in [-0.3, -0.25) is 9.59 Å². The summed E-state index contributed by atoms with van der Waals surface area (Å²) in [5.41, 5.74) is 1.01. The van der Waals surface area contributed by atoms with Crippen molar-refractivity contribution in [3.63, 3.8) is 0 Å². The molecule has 0 radical (unpaired) electrons. The molecular formula is C19H23N3O2S. The second kappa shape index (κ2) is 8.25. The molecule has 0 saturated heterocycles. The highest BCUT2D eigenvalue weighted by molar-refractivity contribution is 7.13. The Kier molecular flexibility index (Phi) is 5.81. The van der Waals surface area contributed by atoms with Gasteiger partial charge in [-0.05, 0) is 30.7 Å². The van der Waals surface area contributed by atoms with Crippen molar-refractivity contribution in [1.29, 1.82) is 0 Å². The fourth-order valence-electron chi connectivity index (χ4n) is 2.92. The van der Waals surface area contributed by atoms with Gasteiger partial charge in [0.25, 0.3) is 0 Å². The largest absolute Gasteiger partial charge is 0.333 e. The molecule has 2 amide bonds. The van der Waals surface area contributed by atoms with Gasteiger partial charge in [0.1, 0.15) is 0 Å². The zero-order chi connectivity index (χ0) is 17.6. The summed E-state index contributed by atoms with van der Waals surface area (Å²) in [5, 5.41) is 5.15. The molecule has 25 heavy (non-hydrogen) atoms. The maximum absolute atomic E-state index is 13.1. The first-order chi connectivity index (χ1) is 12.2. The zero-order valence-corrected chi connectivity index (χ0v) is 15.2. The standard InChI is InChI=1S/C19H23N3O2S/c1-2-16(15-6-4-3-5-7-15)18(24)22(12-14-8-9-14)13-17(23)21-19-20-10-11-25-19/h3-7,10-11,14,16H,2,8-9,12-13H2,1H3,(H,20,21,23). The third-order valence-corrected chi connectivity index (χ3v) is 5.10. The van der Waals surface area contributed by atoms with Crippen LogP contribution in [0.3, 0.4) is 0 Å². The number of nitrogens with one attached hydrogen (secondary N) is 1. The molecule has 0 bridgehead atoms. The highest BCUT2D eigenvalue weighted by Gasteiger charge is 2.31. The van der Waals surface area contributed by atoms with Crippen LogP contribution in [0.1, 0.15) is 37.7 Å². The van der Waals surface area contributed by atoms with E-state index in [1.54, 1.807) is 11.1 Å². The minimum Gasteiger partial charge on any atom is -0.333 e. The molecule has 2 aromatic rings. The second-order valence-corrected chi connectivity index (χ2v) is 7.31. The lowest BCUT2D eigenvalue weighted by atomic mass is 9.95. The molecule has 1 aliphatic rings. The van der Waals surface area contributed by atoms with Gasteiger partial charge in [0.2, 0.25) is 11.8 Å². The Labute approximate surface area is 152 Å². The summed E-state index contributed by atoms with van der Waals surface area (Å²) in [4.78, 5) is 31.2. The Bertz CT molecular complexity index is 699. The van der Waals surface area contributed by atoms with E-state index in [-0.39, 0.29) is 24.3 Å². The van der Waals surface area contributed by atoms with Crippen molar-refractivity contribution in [2.75, 3.05) is 18.4 Å². The number of carbonyl (C=O) groups is 2. The molecule has 132 valence electrons. The van der Waals surface area contributed by atoms with Crippen molar-refractivity contribution in [2.45, 2.75) is 32.1 Å². The van der Waals surface area contributed by atoms with Gasteiger partial charge in [0.15, 0.2) is 5.13 Å². The van der Waals surface area contributed by atoms with Crippen LogP contribution in [-0.4, -0.2) is 34.8 Å². The van der Waals surface area contributed by atoms with Crippen LogP contribution in [-0.2, 0) is 9.59 Å². The van der Waals surface area contributed by atoms with Gasteiger partial charge < -0.3 is 10.2 Å². The van der Waals surface area contributed by atoms with Gasteiger partial charge in [-0.2, -0.15) is 0 Å². The predicted octanol–water partition coefficient (Wildman–Crippen LogP) is 3.51. The van der Waals surface area contributed by atoms with E-state index in [4.69, 9.17) is 0 Å². The van der Waals surface area contributed by atoms with E-state index in [1.165, 1.54) is 11.3 Å². The number of nitrogens with zero attached hydrogens (tertiary/aromatic N) is 2. The van der Waals surface area contributed by atoms with Crippen LogP contribution in [0.2, 0.25) is 0 Å². The van der Waals surface area contributed by atoms with Gasteiger partial charge in [-0.15, -0.1) is 11.3 Å². The number of anilines is 1. The summed E-state index contributed by atoms with van der Waals surface area (Å²) in [5.74, 6) is 0.180. The quantitative estimate of drug-likeness (QED) is 0.786.